The van der Waals surface area contributed by atoms with Crippen LogP contribution in [0.2, 0.25) is 0 Å². The van der Waals surface area contributed by atoms with Crippen molar-refractivity contribution in [3.63, 3.8) is 0 Å². The van der Waals surface area contributed by atoms with Crippen molar-refractivity contribution >= 4 is 10.0 Å². The van der Waals surface area contributed by atoms with Gasteiger partial charge >= 0.3 is 0 Å². The van der Waals surface area contributed by atoms with E-state index in [0.717, 1.165) is 25.2 Å². The third-order valence-electron chi connectivity index (χ3n) is 4.25. The Labute approximate surface area is 134 Å². The molecule has 0 amide bonds. The van der Waals surface area contributed by atoms with Gasteiger partial charge < -0.3 is 14.0 Å². The molecule has 4 rings (SSSR count). The molecule has 0 spiro atoms. The van der Waals surface area contributed by atoms with Gasteiger partial charge in [-0.25, -0.2) is 18.1 Å². The molecule has 0 bridgehead atoms. The molecule has 1 aromatic heterocycles. The standard InChI is InChI=1S/C15H17N3O4S/c19-23(20,12-2-3-13-14(7-12)22-10-21-13)17-8-11-1-4-15-16-5-6-18(15)9-11/h2-3,5-7,11,17H,1,4,8-10H2/t11-/m0/s1. The van der Waals surface area contributed by atoms with Crippen LogP contribution >= 0.6 is 0 Å². The van der Waals surface area contributed by atoms with E-state index in [-0.39, 0.29) is 17.6 Å². The Bertz CT molecular complexity index is 831. The Balaban J connectivity index is 1.44. The summed E-state index contributed by atoms with van der Waals surface area (Å²) in [5.41, 5.74) is 0. The lowest BCUT2D eigenvalue weighted by atomic mass is 10.00. The fourth-order valence-corrected chi connectivity index (χ4v) is 4.09. The molecule has 2 aliphatic rings. The Morgan fingerprint density at radius 1 is 1.30 bits per heavy atom. The van der Waals surface area contributed by atoms with Crippen LogP contribution in [0, 0.1) is 5.92 Å². The van der Waals surface area contributed by atoms with E-state index < -0.39 is 10.0 Å². The van der Waals surface area contributed by atoms with Crippen molar-refractivity contribution in [1.29, 1.82) is 0 Å². The summed E-state index contributed by atoms with van der Waals surface area (Å²) < 4.78 is 40.1. The number of hydrogen-bond donors (Lipinski definition) is 1. The predicted molar refractivity (Wildman–Crippen MR) is 81.8 cm³/mol. The van der Waals surface area contributed by atoms with Gasteiger partial charge in [0.25, 0.3) is 0 Å². The predicted octanol–water partition coefficient (Wildman–Crippen LogP) is 1.15. The molecular weight excluding hydrogens is 318 g/mol. The first kappa shape index (κ1) is 14.5. The van der Waals surface area contributed by atoms with Gasteiger partial charge in [0.2, 0.25) is 16.8 Å². The molecule has 23 heavy (non-hydrogen) atoms. The first-order valence-corrected chi connectivity index (χ1v) is 8.99. The highest BCUT2D eigenvalue weighted by molar-refractivity contribution is 7.89. The van der Waals surface area contributed by atoms with Crippen molar-refractivity contribution in [3.05, 3.63) is 36.4 Å². The highest BCUT2D eigenvalue weighted by Gasteiger charge is 2.23. The number of rotatable bonds is 4. The summed E-state index contributed by atoms with van der Waals surface area (Å²) in [6.07, 6.45) is 5.53. The molecule has 1 aromatic carbocycles. The Kier molecular flexibility index (Phi) is 3.50. The molecule has 0 aliphatic carbocycles. The van der Waals surface area contributed by atoms with Gasteiger partial charge in [-0.2, -0.15) is 0 Å². The normalized spacial score (nSPS) is 19.6. The average molecular weight is 335 g/mol. The summed E-state index contributed by atoms with van der Waals surface area (Å²) in [6.45, 7) is 1.33. The fourth-order valence-electron chi connectivity index (χ4n) is 2.96. The molecule has 1 atom stereocenters. The van der Waals surface area contributed by atoms with Gasteiger partial charge in [0, 0.05) is 38.0 Å². The molecule has 0 radical (unpaired) electrons. The molecule has 1 N–H and O–H groups in total. The Morgan fingerprint density at radius 2 is 2.17 bits per heavy atom. The Hall–Kier alpha value is -2.06. The minimum absolute atomic E-state index is 0.127. The van der Waals surface area contributed by atoms with Crippen LogP contribution in [0.1, 0.15) is 12.2 Å². The number of imidazole rings is 1. The minimum atomic E-state index is -3.56. The molecule has 122 valence electrons. The second-order valence-corrected chi connectivity index (χ2v) is 7.53. The van der Waals surface area contributed by atoms with Crippen LogP contribution in [-0.4, -0.2) is 31.3 Å². The molecule has 7 nitrogen and oxygen atoms in total. The molecule has 0 unspecified atom stereocenters. The average Bonchev–Trinajstić information content (AvgIpc) is 3.20. The maximum Gasteiger partial charge on any atom is 0.240 e. The van der Waals surface area contributed by atoms with Gasteiger partial charge in [-0.05, 0) is 24.5 Å². The second-order valence-electron chi connectivity index (χ2n) is 5.77. The summed E-state index contributed by atoms with van der Waals surface area (Å²) in [6, 6.07) is 4.65. The molecular formula is C15H17N3O4S. The number of nitrogens with zero attached hydrogens (tertiary/aromatic N) is 2. The summed E-state index contributed by atoms with van der Waals surface area (Å²) in [5.74, 6) is 2.37. The molecule has 8 heteroatoms. The van der Waals surface area contributed by atoms with Gasteiger partial charge in [-0.1, -0.05) is 0 Å². The lowest BCUT2D eigenvalue weighted by Crippen LogP contribution is -2.33. The molecule has 3 heterocycles. The second kappa shape index (κ2) is 5.54. The quantitative estimate of drug-likeness (QED) is 0.906. The van der Waals surface area contributed by atoms with Crippen molar-refractivity contribution in [3.8, 4) is 11.5 Å². The van der Waals surface area contributed by atoms with Crippen LogP contribution in [0.15, 0.2) is 35.5 Å². The number of hydrogen-bond acceptors (Lipinski definition) is 5. The third-order valence-corrected chi connectivity index (χ3v) is 5.67. The third kappa shape index (κ3) is 2.79. The summed E-state index contributed by atoms with van der Waals surface area (Å²) in [5, 5.41) is 0. The van der Waals surface area contributed by atoms with Crippen LogP contribution in [0.4, 0.5) is 0 Å². The van der Waals surface area contributed by atoms with Gasteiger partial charge in [0.1, 0.15) is 5.82 Å². The lowest BCUT2D eigenvalue weighted by molar-refractivity contribution is 0.174. The number of benzene rings is 1. The van der Waals surface area contributed by atoms with E-state index in [4.69, 9.17) is 9.47 Å². The van der Waals surface area contributed by atoms with Gasteiger partial charge in [0.05, 0.1) is 4.90 Å². The highest BCUT2D eigenvalue weighted by Crippen LogP contribution is 2.33. The van der Waals surface area contributed by atoms with E-state index >= 15 is 0 Å². The van der Waals surface area contributed by atoms with E-state index in [1.807, 2.05) is 6.20 Å². The van der Waals surface area contributed by atoms with E-state index in [0.29, 0.717) is 18.0 Å². The van der Waals surface area contributed by atoms with Crippen molar-refractivity contribution in [1.82, 2.24) is 14.3 Å². The Morgan fingerprint density at radius 3 is 3.09 bits per heavy atom. The maximum atomic E-state index is 12.4. The number of fused-ring (bicyclic) bond motifs is 2. The van der Waals surface area contributed by atoms with E-state index in [2.05, 4.69) is 14.3 Å². The number of ether oxygens (including phenoxy) is 2. The first-order chi connectivity index (χ1) is 11.1. The number of aromatic nitrogens is 2. The van der Waals surface area contributed by atoms with Crippen molar-refractivity contribution in [2.24, 2.45) is 5.92 Å². The van der Waals surface area contributed by atoms with Crippen molar-refractivity contribution in [2.75, 3.05) is 13.3 Å². The number of nitrogens with one attached hydrogen (secondary N) is 1. The molecule has 2 aliphatic heterocycles. The fraction of sp³-hybridized carbons (Fsp3) is 0.400. The van der Waals surface area contributed by atoms with Crippen LogP contribution in [0.3, 0.4) is 0 Å². The van der Waals surface area contributed by atoms with Crippen LogP contribution in [0.5, 0.6) is 11.5 Å². The van der Waals surface area contributed by atoms with Gasteiger partial charge in [-0.3, -0.25) is 0 Å². The van der Waals surface area contributed by atoms with Crippen molar-refractivity contribution < 1.29 is 17.9 Å². The minimum Gasteiger partial charge on any atom is -0.454 e. The van der Waals surface area contributed by atoms with Gasteiger partial charge in [-0.15, -0.1) is 0 Å². The number of aryl methyl sites for hydroxylation is 1. The molecule has 2 aromatic rings. The summed E-state index contributed by atoms with van der Waals surface area (Å²) in [7, 11) is -3.56. The molecule has 0 saturated carbocycles. The monoisotopic (exact) mass is 335 g/mol. The SMILES string of the molecule is O=S(=O)(NC[C@@H]1CCc2nccn2C1)c1ccc2c(c1)OCO2. The molecule has 0 saturated heterocycles. The van der Waals surface area contributed by atoms with Gasteiger partial charge in [0.15, 0.2) is 11.5 Å². The highest BCUT2D eigenvalue weighted by atomic mass is 32.2. The zero-order valence-electron chi connectivity index (χ0n) is 12.4. The van der Waals surface area contributed by atoms with Crippen molar-refractivity contribution in [2.45, 2.75) is 24.3 Å². The smallest absolute Gasteiger partial charge is 0.240 e. The van der Waals surface area contributed by atoms with Crippen LogP contribution in [0.25, 0.3) is 0 Å². The maximum absolute atomic E-state index is 12.4. The largest absolute Gasteiger partial charge is 0.454 e. The lowest BCUT2D eigenvalue weighted by Gasteiger charge is -2.23. The summed E-state index contributed by atoms with van der Waals surface area (Å²) >= 11 is 0. The zero-order chi connectivity index (χ0) is 15.9. The zero-order valence-corrected chi connectivity index (χ0v) is 13.3. The van der Waals surface area contributed by atoms with E-state index in [9.17, 15) is 8.42 Å². The molecule has 0 fully saturated rings. The van der Waals surface area contributed by atoms with Crippen LogP contribution < -0.4 is 14.2 Å². The van der Waals surface area contributed by atoms with E-state index in [1.165, 1.54) is 12.1 Å². The topological polar surface area (TPSA) is 82.5 Å². The summed E-state index contributed by atoms with van der Waals surface area (Å²) in [4.78, 5) is 4.47. The van der Waals surface area contributed by atoms with Crippen LogP contribution in [-0.2, 0) is 23.0 Å². The number of sulfonamides is 1. The first-order valence-electron chi connectivity index (χ1n) is 7.51. The van der Waals surface area contributed by atoms with E-state index in [1.54, 1.807) is 12.3 Å².